The standard InChI is InChI=1S/C22H17Cl2N3O2S/c1-14-3-2-4-17(11-14)26-22(30)27-25-13-15-5-8-18(9-6-15)29-21(28)19-10-7-16(23)12-20(19)24/h2-13H,1H3,(H2,26,27,30)/b25-13-. The molecule has 0 saturated carbocycles. The van der Waals surface area contributed by atoms with Gasteiger partial charge in [0.25, 0.3) is 0 Å². The highest BCUT2D eigenvalue weighted by Crippen LogP contribution is 2.23. The number of aryl methyl sites for hydroxylation is 1. The first-order valence-corrected chi connectivity index (χ1v) is 10.0. The van der Waals surface area contributed by atoms with Crippen LogP contribution in [0.1, 0.15) is 21.5 Å². The molecule has 3 aromatic rings. The van der Waals surface area contributed by atoms with Crippen LogP contribution in [-0.2, 0) is 0 Å². The normalized spacial score (nSPS) is 10.6. The lowest BCUT2D eigenvalue weighted by atomic mass is 10.2. The first-order valence-electron chi connectivity index (χ1n) is 8.85. The molecule has 0 bridgehead atoms. The van der Waals surface area contributed by atoms with Crippen molar-refractivity contribution < 1.29 is 9.53 Å². The molecule has 0 heterocycles. The largest absolute Gasteiger partial charge is 0.423 e. The van der Waals surface area contributed by atoms with Crippen LogP contribution in [0.2, 0.25) is 10.0 Å². The number of thiocarbonyl (C=S) groups is 1. The van der Waals surface area contributed by atoms with E-state index in [4.69, 9.17) is 40.2 Å². The number of carbonyl (C=O) groups excluding carboxylic acids is 1. The van der Waals surface area contributed by atoms with Gasteiger partial charge < -0.3 is 10.1 Å². The Morgan fingerprint density at radius 1 is 1.07 bits per heavy atom. The quantitative estimate of drug-likeness (QED) is 0.165. The van der Waals surface area contributed by atoms with Crippen LogP contribution in [0, 0.1) is 6.92 Å². The smallest absolute Gasteiger partial charge is 0.345 e. The molecule has 2 N–H and O–H groups in total. The van der Waals surface area contributed by atoms with Crippen LogP contribution >= 0.6 is 35.4 Å². The van der Waals surface area contributed by atoms with Crippen LogP contribution in [-0.4, -0.2) is 17.3 Å². The molecule has 0 aliphatic heterocycles. The van der Waals surface area contributed by atoms with Crippen molar-refractivity contribution in [3.8, 4) is 5.75 Å². The monoisotopic (exact) mass is 457 g/mol. The molecular weight excluding hydrogens is 441 g/mol. The second kappa shape index (κ2) is 10.2. The number of hydrazone groups is 1. The topological polar surface area (TPSA) is 62.7 Å². The summed E-state index contributed by atoms with van der Waals surface area (Å²) in [6, 6.07) is 19.3. The van der Waals surface area contributed by atoms with Gasteiger partial charge >= 0.3 is 5.97 Å². The zero-order valence-corrected chi connectivity index (χ0v) is 18.2. The van der Waals surface area contributed by atoms with Gasteiger partial charge in [0.15, 0.2) is 5.11 Å². The Labute approximate surface area is 189 Å². The van der Waals surface area contributed by atoms with E-state index in [0.717, 1.165) is 16.8 Å². The molecule has 0 radical (unpaired) electrons. The number of hydrogen-bond donors (Lipinski definition) is 2. The lowest BCUT2D eigenvalue weighted by Crippen LogP contribution is -2.23. The molecule has 3 aromatic carbocycles. The summed E-state index contributed by atoms with van der Waals surface area (Å²) in [7, 11) is 0. The van der Waals surface area contributed by atoms with E-state index < -0.39 is 5.97 Å². The van der Waals surface area contributed by atoms with Crippen molar-refractivity contribution in [2.24, 2.45) is 5.10 Å². The fraction of sp³-hybridized carbons (Fsp3) is 0.0455. The third-order valence-corrected chi connectivity index (χ3v) is 4.64. The van der Waals surface area contributed by atoms with E-state index in [1.54, 1.807) is 36.5 Å². The minimum Gasteiger partial charge on any atom is -0.423 e. The van der Waals surface area contributed by atoms with Gasteiger partial charge in [-0.3, -0.25) is 5.43 Å². The average Bonchev–Trinajstić information content (AvgIpc) is 2.69. The first kappa shape index (κ1) is 21.8. The zero-order valence-electron chi connectivity index (χ0n) is 15.9. The number of halogens is 2. The third-order valence-electron chi connectivity index (χ3n) is 3.90. The summed E-state index contributed by atoms with van der Waals surface area (Å²) in [6.07, 6.45) is 1.60. The second-order valence-electron chi connectivity index (χ2n) is 6.28. The van der Waals surface area contributed by atoms with E-state index in [-0.39, 0.29) is 10.6 Å². The second-order valence-corrected chi connectivity index (χ2v) is 7.53. The molecule has 0 aliphatic carbocycles. The van der Waals surface area contributed by atoms with Crippen molar-refractivity contribution in [3.05, 3.63) is 93.5 Å². The maximum atomic E-state index is 12.2. The van der Waals surface area contributed by atoms with Crippen molar-refractivity contribution in [2.45, 2.75) is 6.92 Å². The minimum atomic E-state index is -0.563. The summed E-state index contributed by atoms with van der Waals surface area (Å²) in [5, 5.41) is 8.21. The maximum absolute atomic E-state index is 12.2. The van der Waals surface area contributed by atoms with E-state index in [1.165, 1.54) is 12.1 Å². The number of ether oxygens (including phenoxy) is 1. The lowest BCUT2D eigenvalue weighted by Gasteiger charge is -2.07. The number of esters is 1. The summed E-state index contributed by atoms with van der Waals surface area (Å²) >= 11 is 17.1. The number of hydrogen-bond acceptors (Lipinski definition) is 4. The SMILES string of the molecule is Cc1cccc(NC(=S)N/N=C\c2ccc(OC(=O)c3ccc(Cl)cc3Cl)cc2)c1. The van der Waals surface area contributed by atoms with Gasteiger partial charge in [0, 0.05) is 10.7 Å². The molecule has 0 aliphatic rings. The molecule has 5 nitrogen and oxygen atoms in total. The Bertz CT molecular complexity index is 1100. The summed E-state index contributed by atoms with van der Waals surface area (Å²) in [4.78, 5) is 12.2. The number of anilines is 1. The molecule has 0 atom stereocenters. The van der Waals surface area contributed by atoms with Crippen molar-refractivity contribution in [2.75, 3.05) is 5.32 Å². The summed E-state index contributed by atoms with van der Waals surface area (Å²) in [6.45, 7) is 2.00. The molecule has 3 rings (SSSR count). The highest BCUT2D eigenvalue weighted by Gasteiger charge is 2.13. The molecule has 0 spiro atoms. The Balaban J connectivity index is 1.53. The Kier molecular flexibility index (Phi) is 7.41. The van der Waals surface area contributed by atoms with E-state index >= 15 is 0 Å². The number of nitrogens with one attached hydrogen (secondary N) is 2. The fourth-order valence-corrected chi connectivity index (χ4v) is 3.14. The average molecular weight is 458 g/mol. The molecule has 0 amide bonds. The first-order chi connectivity index (χ1) is 14.4. The van der Waals surface area contributed by atoms with Gasteiger partial charge in [-0.15, -0.1) is 0 Å². The van der Waals surface area contributed by atoms with Crippen LogP contribution in [0.25, 0.3) is 0 Å². The van der Waals surface area contributed by atoms with Crippen LogP contribution in [0.3, 0.4) is 0 Å². The fourth-order valence-electron chi connectivity index (χ4n) is 2.49. The molecule has 0 unspecified atom stereocenters. The van der Waals surface area contributed by atoms with Gasteiger partial charge in [-0.2, -0.15) is 5.10 Å². The van der Waals surface area contributed by atoms with Crippen molar-refractivity contribution >= 4 is 58.4 Å². The summed E-state index contributed by atoms with van der Waals surface area (Å²) < 4.78 is 5.34. The van der Waals surface area contributed by atoms with Gasteiger partial charge in [0.1, 0.15) is 5.75 Å². The Hall–Kier alpha value is -2.93. The minimum absolute atomic E-state index is 0.234. The van der Waals surface area contributed by atoms with E-state index in [1.807, 2.05) is 31.2 Å². The van der Waals surface area contributed by atoms with E-state index in [0.29, 0.717) is 15.9 Å². The summed E-state index contributed by atoms with van der Waals surface area (Å²) in [5.41, 5.74) is 5.81. The predicted molar refractivity (Wildman–Crippen MR) is 126 cm³/mol. The number of carbonyl (C=O) groups is 1. The highest BCUT2D eigenvalue weighted by molar-refractivity contribution is 7.80. The molecule has 8 heteroatoms. The van der Waals surface area contributed by atoms with Gasteiger partial charge in [-0.25, -0.2) is 4.79 Å². The molecule has 0 fully saturated rings. The van der Waals surface area contributed by atoms with Gasteiger partial charge in [0.2, 0.25) is 0 Å². The van der Waals surface area contributed by atoms with Gasteiger partial charge in [-0.05, 0) is 84.9 Å². The van der Waals surface area contributed by atoms with E-state index in [9.17, 15) is 4.79 Å². The van der Waals surface area contributed by atoms with Crippen LogP contribution in [0.15, 0.2) is 71.8 Å². The Morgan fingerprint density at radius 3 is 2.53 bits per heavy atom. The van der Waals surface area contributed by atoms with Gasteiger partial charge in [-0.1, -0.05) is 35.3 Å². The van der Waals surface area contributed by atoms with Crippen LogP contribution in [0.5, 0.6) is 5.75 Å². The molecule has 152 valence electrons. The summed E-state index contributed by atoms with van der Waals surface area (Å²) in [5.74, 6) is -0.180. The number of nitrogens with zero attached hydrogens (tertiary/aromatic N) is 1. The number of rotatable bonds is 5. The molecule has 0 saturated heterocycles. The number of benzene rings is 3. The van der Waals surface area contributed by atoms with Crippen molar-refractivity contribution in [3.63, 3.8) is 0 Å². The lowest BCUT2D eigenvalue weighted by molar-refractivity contribution is 0.0735. The van der Waals surface area contributed by atoms with Crippen LogP contribution < -0.4 is 15.5 Å². The predicted octanol–water partition coefficient (Wildman–Crippen LogP) is 5.84. The molecular formula is C22H17Cl2N3O2S. The maximum Gasteiger partial charge on any atom is 0.345 e. The zero-order chi connectivity index (χ0) is 21.5. The Morgan fingerprint density at radius 2 is 1.83 bits per heavy atom. The molecule has 0 aromatic heterocycles. The van der Waals surface area contributed by atoms with Crippen molar-refractivity contribution in [1.82, 2.24) is 5.43 Å². The highest BCUT2D eigenvalue weighted by atomic mass is 35.5. The van der Waals surface area contributed by atoms with Gasteiger partial charge in [0.05, 0.1) is 16.8 Å². The van der Waals surface area contributed by atoms with E-state index in [2.05, 4.69) is 15.8 Å². The van der Waals surface area contributed by atoms with Crippen molar-refractivity contribution in [1.29, 1.82) is 0 Å². The third kappa shape index (κ3) is 6.29. The molecule has 30 heavy (non-hydrogen) atoms. The van der Waals surface area contributed by atoms with Crippen LogP contribution in [0.4, 0.5) is 5.69 Å².